The molecule has 0 saturated heterocycles. The third-order valence-corrected chi connectivity index (χ3v) is 6.63. The van der Waals surface area contributed by atoms with Gasteiger partial charge in [0.2, 0.25) is 5.13 Å². The molecule has 0 saturated carbocycles. The number of nitrogens with one attached hydrogen (secondary N) is 3. The summed E-state index contributed by atoms with van der Waals surface area (Å²) in [5.74, 6) is 0.0182. The van der Waals surface area contributed by atoms with Gasteiger partial charge in [-0.05, 0) is 30.7 Å². The highest BCUT2D eigenvalue weighted by molar-refractivity contribution is 7.15. The molecule has 2 amide bonds. The van der Waals surface area contributed by atoms with Crippen molar-refractivity contribution in [1.82, 2.24) is 19.7 Å². The monoisotopic (exact) mass is 495 g/mol. The summed E-state index contributed by atoms with van der Waals surface area (Å²) in [7, 11) is 1.76. The minimum Gasteiger partial charge on any atom is -0.373 e. The highest BCUT2D eigenvalue weighted by Gasteiger charge is 2.20. The van der Waals surface area contributed by atoms with Gasteiger partial charge in [-0.1, -0.05) is 38.2 Å². The van der Waals surface area contributed by atoms with E-state index in [9.17, 15) is 14.0 Å². The fourth-order valence-corrected chi connectivity index (χ4v) is 4.34. The lowest BCUT2D eigenvalue weighted by Crippen LogP contribution is -2.22. The first-order valence-electron chi connectivity index (χ1n) is 11.0. The Morgan fingerprint density at radius 1 is 1.14 bits per heavy atom. The molecule has 3 heterocycles. The number of benzene rings is 1. The lowest BCUT2D eigenvalue weighted by molar-refractivity contribution is 0.262. The van der Waals surface area contributed by atoms with E-state index in [-0.39, 0.29) is 16.7 Å². The summed E-state index contributed by atoms with van der Waals surface area (Å²) in [6.07, 6.45) is 1.68. The minimum absolute atomic E-state index is 0.0632. The average molecular weight is 496 g/mol. The van der Waals surface area contributed by atoms with Crippen molar-refractivity contribution in [2.24, 2.45) is 0 Å². The van der Waals surface area contributed by atoms with Crippen molar-refractivity contribution in [1.29, 1.82) is 0 Å². The number of carbonyl (C=O) groups excluding carboxylic acids is 1. The first-order valence-corrected chi connectivity index (χ1v) is 11.9. The van der Waals surface area contributed by atoms with E-state index >= 15 is 0 Å². The van der Waals surface area contributed by atoms with Crippen molar-refractivity contribution < 1.29 is 9.18 Å². The van der Waals surface area contributed by atoms with Crippen LogP contribution < -0.4 is 21.5 Å². The van der Waals surface area contributed by atoms with Crippen LogP contribution in [-0.4, -0.2) is 32.8 Å². The Balaban J connectivity index is 1.65. The summed E-state index contributed by atoms with van der Waals surface area (Å²) in [6.45, 7) is 8.31. The molecular formula is C24H26FN7O2S. The number of amides is 2. The van der Waals surface area contributed by atoms with E-state index in [0.717, 1.165) is 15.9 Å². The lowest BCUT2D eigenvalue weighted by atomic mass is 9.98. The molecule has 0 aliphatic rings. The van der Waals surface area contributed by atoms with E-state index in [1.807, 2.05) is 33.8 Å². The van der Waals surface area contributed by atoms with Crippen LogP contribution in [-0.2, 0) is 12.0 Å². The summed E-state index contributed by atoms with van der Waals surface area (Å²) in [5, 5.41) is 17.9. The number of aromatic nitrogens is 4. The van der Waals surface area contributed by atoms with Gasteiger partial charge in [0.15, 0.2) is 0 Å². The summed E-state index contributed by atoms with van der Waals surface area (Å²) in [5.41, 5.74) is 1.10. The first-order chi connectivity index (χ1) is 16.6. The molecule has 0 fully saturated rings. The second kappa shape index (κ2) is 9.41. The zero-order chi connectivity index (χ0) is 25.3. The van der Waals surface area contributed by atoms with E-state index in [1.54, 1.807) is 23.9 Å². The number of urea groups is 1. The topological polar surface area (TPSA) is 114 Å². The highest BCUT2D eigenvalue weighted by Crippen LogP contribution is 2.29. The van der Waals surface area contributed by atoms with Crippen molar-refractivity contribution in [3.63, 3.8) is 0 Å². The van der Waals surface area contributed by atoms with Crippen LogP contribution in [0.2, 0.25) is 0 Å². The van der Waals surface area contributed by atoms with Gasteiger partial charge in [-0.25, -0.2) is 14.2 Å². The molecule has 3 N–H and O–H groups in total. The van der Waals surface area contributed by atoms with E-state index in [0.29, 0.717) is 28.6 Å². The number of hydrogen-bond donors (Lipinski definition) is 3. The van der Waals surface area contributed by atoms with Crippen LogP contribution in [0.15, 0.2) is 41.3 Å². The number of anilines is 3. The number of hydrogen-bond acceptors (Lipinski definition) is 7. The number of nitrogens with zero attached hydrogens (tertiary/aromatic N) is 4. The zero-order valence-electron chi connectivity index (χ0n) is 20.1. The molecule has 3 aromatic heterocycles. The van der Waals surface area contributed by atoms with Gasteiger partial charge in [0.05, 0.1) is 11.2 Å². The molecule has 0 spiro atoms. The second-order valence-corrected chi connectivity index (χ2v) is 9.90. The van der Waals surface area contributed by atoms with Gasteiger partial charge in [0, 0.05) is 42.2 Å². The number of aryl methyl sites for hydroxylation is 1. The van der Waals surface area contributed by atoms with Crippen molar-refractivity contribution in [3.05, 3.63) is 57.7 Å². The van der Waals surface area contributed by atoms with Crippen LogP contribution in [0.5, 0.6) is 0 Å². The van der Waals surface area contributed by atoms with Gasteiger partial charge < -0.3 is 15.2 Å². The van der Waals surface area contributed by atoms with Crippen molar-refractivity contribution >= 4 is 44.9 Å². The number of halogens is 1. The third kappa shape index (κ3) is 4.99. The predicted octanol–water partition coefficient (Wildman–Crippen LogP) is 5.06. The molecular weight excluding hydrogens is 469 g/mol. The van der Waals surface area contributed by atoms with Gasteiger partial charge in [0.1, 0.15) is 16.6 Å². The van der Waals surface area contributed by atoms with Crippen LogP contribution in [0.1, 0.15) is 32.7 Å². The van der Waals surface area contributed by atoms with Gasteiger partial charge >= 0.3 is 6.03 Å². The average Bonchev–Trinajstić information content (AvgIpc) is 3.29. The Labute approximate surface area is 205 Å². The Morgan fingerprint density at radius 2 is 1.91 bits per heavy atom. The third-order valence-electron chi connectivity index (χ3n) is 5.36. The number of rotatable bonds is 5. The molecule has 0 aliphatic carbocycles. The first kappa shape index (κ1) is 24.3. The SMILES string of the molecule is CCn1c(=O)c(-c2ccc(F)c(NC(=O)Nc3nnc(C(C)(C)C)s3)c2)cc2cnc(NC)cc21. The van der Waals surface area contributed by atoms with Gasteiger partial charge in [-0.2, -0.15) is 0 Å². The summed E-state index contributed by atoms with van der Waals surface area (Å²) >= 11 is 1.25. The van der Waals surface area contributed by atoms with E-state index in [4.69, 9.17) is 0 Å². The largest absolute Gasteiger partial charge is 0.373 e. The molecule has 1 aromatic carbocycles. The quantitative estimate of drug-likeness (QED) is 0.357. The number of carbonyl (C=O) groups is 1. The van der Waals surface area contributed by atoms with E-state index < -0.39 is 11.8 Å². The Morgan fingerprint density at radius 3 is 2.57 bits per heavy atom. The van der Waals surface area contributed by atoms with Crippen LogP contribution in [0.25, 0.3) is 22.0 Å². The maximum Gasteiger partial charge on any atom is 0.325 e. The Kier molecular flexibility index (Phi) is 6.53. The molecule has 0 aliphatic heterocycles. The number of fused-ring (bicyclic) bond motifs is 1. The van der Waals surface area contributed by atoms with Crippen LogP contribution in [0.4, 0.5) is 25.8 Å². The maximum atomic E-state index is 14.6. The Bertz CT molecular complexity index is 1470. The molecule has 0 unspecified atom stereocenters. The molecule has 35 heavy (non-hydrogen) atoms. The van der Waals surface area contributed by atoms with Gasteiger partial charge in [-0.15, -0.1) is 10.2 Å². The molecule has 9 nitrogen and oxygen atoms in total. The standard InChI is InChI=1S/C24H26FN7O2S/c1-6-32-18-11-19(26-5)27-12-14(18)9-15(20(32)33)13-7-8-16(25)17(10-13)28-22(34)29-23-31-30-21(35-23)24(2,3)4/h7-12H,6H2,1-5H3,(H,26,27)(H2,28,29,31,34). The van der Waals surface area contributed by atoms with Crippen molar-refractivity contribution in [2.75, 3.05) is 23.0 Å². The molecule has 0 bridgehead atoms. The van der Waals surface area contributed by atoms with Crippen LogP contribution in [0.3, 0.4) is 0 Å². The molecule has 4 rings (SSSR count). The van der Waals surface area contributed by atoms with E-state index in [2.05, 4.69) is 31.1 Å². The fraction of sp³-hybridized carbons (Fsp3) is 0.292. The molecule has 4 aromatic rings. The second-order valence-electron chi connectivity index (χ2n) is 8.92. The van der Waals surface area contributed by atoms with Crippen LogP contribution >= 0.6 is 11.3 Å². The highest BCUT2D eigenvalue weighted by atomic mass is 32.1. The molecule has 0 atom stereocenters. The molecule has 11 heteroatoms. The van der Waals surface area contributed by atoms with Crippen LogP contribution in [0, 0.1) is 5.82 Å². The maximum absolute atomic E-state index is 14.6. The van der Waals surface area contributed by atoms with Crippen molar-refractivity contribution in [3.8, 4) is 11.1 Å². The summed E-state index contributed by atoms with van der Waals surface area (Å²) < 4.78 is 16.2. The summed E-state index contributed by atoms with van der Waals surface area (Å²) in [6, 6.07) is 7.04. The van der Waals surface area contributed by atoms with Gasteiger partial charge in [0.25, 0.3) is 5.56 Å². The fourth-order valence-electron chi connectivity index (χ4n) is 3.55. The normalized spacial score (nSPS) is 11.5. The minimum atomic E-state index is -0.661. The molecule has 182 valence electrons. The lowest BCUT2D eigenvalue weighted by Gasteiger charge is -2.13. The zero-order valence-corrected chi connectivity index (χ0v) is 20.9. The molecule has 0 radical (unpaired) electrons. The smallest absolute Gasteiger partial charge is 0.325 e. The predicted molar refractivity (Wildman–Crippen MR) is 138 cm³/mol. The number of pyridine rings is 2. The summed E-state index contributed by atoms with van der Waals surface area (Å²) in [4.78, 5) is 30.1. The van der Waals surface area contributed by atoms with E-state index in [1.165, 1.54) is 29.5 Å². The van der Waals surface area contributed by atoms with Gasteiger partial charge in [-0.3, -0.25) is 10.1 Å². The van der Waals surface area contributed by atoms with Crippen molar-refractivity contribution in [2.45, 2.75) is 39.7 Å². The Hall–Kier alpha value is -3.86.